The van der Waals surface area contributed by atoms with Gasteiger partial charge in [-0.2, -0.15) is 0 Å². The molecule has 0 saturated carbocycles. The molecular formula is C12H14O2S2. The molecule has 1 aliphatic rings. The number of rotatable bonds is 2. The molecule has 1 aromatic rings. The molecule has 0 spiro atoms. The Kier molecular flexibility index (Phi) is 2.88. The van der Waals surface area contributed by atoms with Crippen LogP contribution in [0.5, 0.6) is 0 Å². The van der Waals surface area contributed by atoms with Crippen LogP contribution in [0.1, 0.15) is 20.3 Å². The minimum Gasteiger partial charge on any atom is -0.218 e. The van der Waals surface area contributed by atoms with Crippen LogP contribution in [0, 0.1) is 0 Å². The van der Waals surface area contributed by atoms with Crippen molar-refractivity contribution < 1.29 is 8.42 Å². The highest BCUT2D eigenvalue weighted by molar-refractivity contribution is 8.19. The first kappa shape index (κ1) is 11.7. The lowest BCUT2D eigenvalue weighted by atomic mass is 10.1. The number of benzene rings is 1. The highest BCUT2D eigenvalue weighted by Crippen LogP contribution is 2.45. The van der Waals surface area contributed by atoms with Crippen molar-refractivity contribution in [1.29, 1.82) is 0 Å². The summed E-state index contributed by atoms with van der Waals surface area (Å²) in [7, 11) is -3.29. The summed E-state index contributed by atoms with van der Waals surface area (Å²) in [5, 5.41) is 0. The van der Waals surface area contributed by atoms with Crippen molar-refractivity contribution >= 4 is 21.6 Å². The van der Waals surface area contributed by atoms with E-state index in [1.54, 1.807) is 24.3 Å². The van der Waals surface area contributed by atoms with Gasteiger partial charge in [-0.25, -0.2) is 8.42 Å². The molecule has 0 unspecified atom stereocenters. The second-order valence-electron chi connectivity index (χ2n) is 4.41. The van der Waals surface area contributed by atoms with Crippen LogP contribution in [0.4, 0.5) is 0 Å². The average Bonchev–Trinajstić information content (AvgIpc) is 2.61. The first-order chi connectivity index (χ1) is 7.42. The number of sulfone groups is 1. The summed E-state index contributed by atoms with van der Waals surface area (Å²) in [6, 6.07) is 8.60. The molecule has 1 aliphatic heterocycles. The van der Waals surface area contributed by atoms with Gasteiger partial charge in [0.25, 0.3) is 0 Å². The number of hydrogen-bond acceptors (Lipinski definition) is 3. The van der Waals surface area contributed by atoms with Crippen molar-refractivity contribution in [2.75, 3.05) is 0 Å². The third-order valence-corrected chi connectivity index (χ3v) is 6.04. The van der Waals surface area contributed by atoms with Crippen LogP contribution < -0.4 is 0 Å². The van der Waals surface area contributed by atoms with E-state index in [2.05, 4.69) is 13.8 Å². The number of hydrogen-bond donors (Lipinski definition) is 0. The summed E-state index contributed by atoms with van der Waals surface area (Å²) < 4.78 is 25.0. The van der Waals surface area contributed by atoms with Crippen LogP contribution in [0.2, 0.25) is 0 Å². The Morgan fingerprint density at radius 3 is 2.31 bits per heavy atom. The number of allylic oxidation sites excluding steroid dienone is 1. The topological polar surface area (TPSA) is 34.1 Å². The van der Waals surface area contributed by atoms with E-state index in [0.717, 1.165) is 6.42 Å². The van der Waals surface area contributed by atoms with Gasteiger partial charge in [0.05, 0.1) is 4.90 Å². The largest absolute Gasteiger partial charge is 0.218 e. The lowest BCUT2D eigenvalue weighted by Crippen LogP contribution is -2.09. The smallest absolute Gasteiger partial charge is 0.212 e. The SMILES string of the molecule is CC1(C)CC=C(S(=O)(=O)c2ccccc2)S1. The summed E-state index contributed by atoms with van der Waals surface area (Å²) >= 11 is 1.44. The maximum absolute atomic E-state index is 12.2. The monoisotopic (exact) mass is 254 g/mol. The Hall–Kier alpha value is -0.740. The van der Waals surface area contributed by atoms with Gasteiger partial charge in [-0.3, -0.25) is 0 Å². The fourth-order valence-corrected chi connectivity index (χ4v) is 4.90. The van der Waals surface area contributed by atoms with Crippen molar-refractivity contribution in [1.82, 2.24) is 0 Å². The van der Waals surface area contributed by atoms with Crippen molar-refractivity contribution in [3.63, 3.8) is 0 Å². The Bertz CT molecular complexity index is 513. The molecule has 2 rings (SSSR count). The standard InChI is InChI=1S/C12H14O2S2/c1-12(2)9-8-11(15-12)16(13,14)10-6-4-3-5-7-10/h3-8H,9H2,1-2H3. The van der Waals surface area contributed by atoms with Gasteiger partial charge in [-0.15, -0.1) is 11.8 Å². The lowest BCUT2D eigenvalue weighted by molar-refractivity contribution is 0.604. The molecule has 0 fully saturated rings. The third-order valence-electron chi connectivity index (χ3n) is 2.46. The predicted octanol–water partition coefficient (Wildman–Crippen LogP) is 3.22. The molecule has 16 heavy (non-hydrogen) atoms. The molecule has 0 N–H and O–H groups in total. The minimum absolute atomic E-state index is 0.00279. The molecule has 0 aliphatic carbocycles. The van der Waals surface area contributed by atoms with Crippen LogP contribution in [-0.4, -0.2) is 13.2 Å². The minimum atomic E-state index is -3.29. The van der Waals surface area contributed by atoms with Crippen LogP contribution in [0.25, 0.3) is 0 Å². The van der Waals surface area contributed by atoms with Crippen LogP contribution >= 0.6 is 11.8 Å². The Morgan fingerprint density at radius 2 is 1.81 bits per heavy atom. The molecule has 0 amide bonds. The van der Waals surface area contributed by atoms with Gasteiger partial charge in [0.1, 0.15) is 4.24 Å². The molecule has 0 atom stereocenters. The van der Waals surface area contributed by atoms with E-state index >= 15 is 0 Å². The molecule has 2 nitrogen and oxygen atoms in total. The van der Waals surface area contributed by atoms with Crippen molar-refractivity contribution in [3.8, 4) is 0 Å². The van der Waals surface area contributed by atoms with Gasteiger partial charge < -0.3 is 0 Å². The predicted molar refractivity (Wildman–Crippen MR) is 68.0 cm³/mol. The van der Waals surface area contributed by atoms with Gasteiger partial charge >= 0.3 is 0 Å². The van der Waals surface area contributed by atoms with E-state index in [1.807, 2.05) is 12.1 Å². The summed E-state index contributed by atoms with van der Waals surface area (Å²) in [5.74, 6) is 0. The van der Waals surface area contributed by atoms with E-state index in [9.17, 15) is 8.42 Å². The molecule has 86 valence electrons. The maximum atomic E-state index is 12.2. The normalized spacial score (nSPS) is 19.5. The highest BCUT2D eigenvalue weighted by atomic mass is 32.3. The van der Waals surface area contributed by atoms with Gasteiger partial charge in [0.2, 0.25) is 9.84 Å². The second-order valence-corrected chi connectivity index (χ2v) is 8.33. The summed E-state index contributed by atoms with van der Waals surface area (Å²) in [4.78, 5) is 0.381. The van der Waals surface area contributed by atoms with E-state index in [1.165, 1.54) is 11.8 Å². The lowest BCUT2D eigenvalue weighted by Gasteiger charge is -2.16. The Labute approximate surface area is 101 Å². The highest BCUT2D eigenvalue weighted by Gasteiger charge is 2.33. The zero-order valence-electron chi connectivity index (χ0n) is 9.30. The van der Waals surface area contributed by atoms with Crippen molar-refractivity contribution in [3.05, 3.63) is 40.6 Å². The van der Waals surface area contributed by atoms with Gasteiger partial charge in [0.15, 0.2) is 0 Å². The third kappa shape index (κ3) is 2.18. The van der Waals surface area contributed by atoms with E-state index in [4.69, 9.17) is 0 Å². The molecular weight excluding hydrogens is 240 g/mol. The fraction of sp³-hybridized carbons (Fsp3) is 0.333. The average molecular weight is 254 g/mol. The quantitative estimate of drug-likeness (QED) is 0.812. The number of thioether (sulfide) groups is 1. The first-order valence-electron chi connectivity index (χ1n) is 5.11. The zero-order chi connectivity index (χ0) is 11.8. The molecule has 0 radical (unpaired) electrons. The van der Waals surface area contributed by atoms with Crippen LogP contribution in [0.15, 0.2) is 45.5 Å². The Balaban J connectivity index is 2.36. The van der Waals surface area contributed by atoms with E-state index in [-0.39, 0.29) is 4.75 Å². The van der Waals surface area contributed by atoms with Gasteiger partial charge in [-0.1, -0.05) is 38.1 Å². The van der Waals surface area contributed by atoms with E-state index < -0.39 is 9.84 Å². The fourth-order valence-electron chi connectivity index (χ4n) is 1.57. The molecule has 0 saturated heterocycles. The maximum Gasteiger partial charge on any atom is 0.212 e. The van der Waals surface area contributed by atoms with Crippen molar-refractivity contribution in [2.24, 2.45) is 0 Å². The molecule has 1 heterocycles. The summed E-state index contributed by atoms with van der Waals surface area (Å²) in [6.45, 7) is 4.11. The summed E-state index contributed by atoms with van der Waals surface area (Å²) in [5.41, 5.74) is 0. The summed E-state index contributed by atoms with van der Waals surface area (Å²) in [6.07, 6.45) is 2.63. The van der Waals surface area contributed by atoms with Gasteiger partial charge in [0, 0.05) is 4.75 Å². The second kappa shape index (κ2) is 3.93. The molecule has 1 aromatic carbocycles. The molecule has 4 heteroatoms. The Morgan fingerprint density at radius 1 is 1.19 bits per heavy atom. The van der Waals surface area contributed by atoms with Crippen LogP contribution in [-0.2, 0) is 9.84 Å². The molecule has 0 bridgehead atoms. The van der Waals surface area contributed by atoms with Crippen molar-refractivity contribution in [2.45, 2.75) is 29.9 Å². The first-order valence-corrected chi connectivity index (χ1v) is 7.41. The molecule has 0 aromatic heterocycles. The zero-order valence-corrected chi connectivity index (χ0v) is 10.9. The van der Waals surface area contributed by atoms with Gasteiger partial charge in [-0.05, 0) is 18.6 Å². The van der Waals surface area contributed by atoms with E-state index in [0.29, 0.717) is 9.13 Å². The van der Waals surface area contributed by atoms with Crippen LogP contribution in [0.3, 0.4) is 0 Å².